The molecule has 212 valence electrons. The molecule has 5 rings (SSSR count). The minimum absolute atomic E-state index is 0. The molecule has 1 aliphatic rings. The molecule has 0 amide bonds. The van der Waals surface area contributed by atoms with Crippen LogP contribution in [0.4, 0.5) is 0 Å². The van der Waals surface area contributed by atoms with Crippen molar-refractivity contribution in [3.8, 4) is 5.75 Å². The molecule has 0 aromatic heterocycles. The van der Waals surface area contributed by atoms with Crippen LogP contribution in [0.25, 0.3) is 10.8 Å². The van der Waals surface area contributed by atoms with Crippen molar-refractivity contribution in [1.82, 2.24) is 5.32 Å². The van der Waals surface area contributed by atoms with Crippen LogP contribution in [0.5, 0.6) is 5.75 Å². The van der Waals surface area contributed by atoms with E-state index in [1.54, 1.807) is 0 Å². The minimum atomic E-state index is 0. The Labute approximate surface area is 244 Å². The van der Waals surface area contributed by atoms with E-state index in [-0.39, 0.29) is 30.5 Å². The molecule has 1 heterocycles. The average Bonchev–Trinajstić information content (AvgIpc) is 2.99. The van der Waals surface area contributed by atoms with Crippen LogP contribution in [-0.4, -0.2) is 45.1 Å². The molecule has 3 unspecified atom stereocenters. The number of ether oxygens (including phenoxy) is 4. The van der Waals surface area contributed by atoms with Crippen LogP contribution < -0.4 is 10.1 Å². The van der Waals surface area contributed by atoms with Gasteiger partial charge >= 0.3 is 0 Å². The molecule has 6 heteroatoms. The number of hydrogen-bond acceptors (Lipinski definition) is 5. The number of piperidine rings is 1. The first-order valence-electron chi connectivity index (χ1n) is 14.1. The van der Waals surface area contributed by atoms with Crippen LogP contribution in [0.2, 0.25) is 0 Å². The third-order valence-corrected chi connectivity index (χ3v) is 7.23. The Bertz CT molecular complexity index is 1280. The number of nitrogens with one attached hydrogen (secondary N) is 1. The summed E-state index contributed by atoms with van der Waals surface area (Å²) in [4.78, 5) is 0. The van der Waals surface area contributed by atoms with E-state index in [2.05, 4.69) is 91.1 Å². The Kier molecular flexibility index (Phi) is 11.8. The molecule has 1 fully saturated rings. The smallest absolute Gasteiger partial charge is 0.119 e. The van der Waals surface area contributed by atoms with Crippen LogP contribution in [-0.2, 0) is 27.4 Å². The zero-order chi connectivity index (χ0) is 26.7. The summed E-state index contributed by atoms with van der Waals surface area (Å²) in [6, 6.07) is 33.7. The topological polar surface area (TPSA) is 49.0 Å². The van der Waals surface area contributed by atoms with Crippen LogP contribution in [0.3, 0.4) is 0 Å². The molecular formula is C34H40ClNO4. The highest BCUT2D eigenvalue weighted by Crippen LogP contribution is 2.32. The fraction of sp³-hybridized carbons (Fsp3) is 0.353. The molecule has 3 atom stereocenters. The summed E-state index contributed by atoms with van der Waals surface area (Å²) in [6.07, 6.45) is 0.911. The minimum Gasteiger partial charge on any atom is -0.494 e. The quantitative estimate of drug-likeness (QED) is 0.179. The van der Waals surface area contributed by atoms with Crippen molar-refractivity contribution in [2.45, 2.75) is 44.7 Å². The van der Waals surface area contributed by atoms with Gasteiger partial charge in [0, 0.05) is 32.0 Å². The average molecular weight is 562 g/mol. The number of hydrogen-bond donors (Lipinski definition) is 1. The molecule has 5 nitrogen and oxygen atoms in total. The molecule has 1 saturated heterocycles. The standard InChI is InChI=1S/C34H39NO4.ClH/c1-2-37-32-22-35-23-33(39-25-27-13-14-28-11-6-7-12-30(28)21-27)34(32)29-15-17-31(18-16-29)38-20-8-19-36-24-26-9-4-3-5-10-26;/h3-7,9-18,21,32-35H,2,8,19-20,22-25H2,1H3;1H. The highest BCUT2D eigenvalue weighted by atomic mass is 35.5. The van der Waals surface area contributed by atoms with E-state index in [1.165, 1.54) is 27.5 Å². The van der Waals surface area contributed by atoms with Crippen molar-refractivity contribution in [2.75, 3.05) is 32.9 Å². The van der Waals surface area contributed by atoms with E-state index in [1.807, 2.05) is 18.2 Å². The summed E-state index contributed by atoms with van der Waals surface area (Å²) in [5.41, 5.74) is 3.59. The van der Waals surface area contributed by atoms with Crippen molar-refractivity contribution < 1.29 is 18.9 Å². The number of fused-ring (bicyclic) bond motifs is 1. The lowest BCUT2D eigenvalue weighted by molar-refractivity contribution is -0.0571. The molecule has 4 aromatic rings. The van der Waals surface area contributed by atoms with Gasteiger partial charge in [-0.05, 0) is 52.6 Å². The second-order valence-electron chi connectivity index (χ2n) is 10.0. The second-order valence-corrected chi connectivity index (χ2v) is 10.0. The maximum absolute atomic E-state index is 6.54. The van der Waals surface area contributed by atoms with Crippen LogP contribution >= 0.6 is 12.4 Å². The Morgan fingerprint density at radius 2 is 1.43 bits per heavy atom. The Morgan fingerprint density at radius 1 is 0.700 bits per heavy atom. The summed E-state index contributed by atoms with van der Waals surface area (Å²) in [5, 5.41) is 6.00. The van der Waals surface area contributed by atoms with Crippen LogP contribution in [0.15, 0.2) is 97.1 Å². The van der Waals surface area contributed by atoms with Gasteiger partial charge in [-0.1, -0.05) is 78.9 Å². The largest absolute Gasteiger partial charge is 0.494 e. The molecular weight excluding hydrogens is 522 g/mol. The predicted octanol–water partition coefficient (Wildman–Crippen LogP) is 6.92. The second kappa shape index (κ2) is 15.8. The van der Waals surface area contributed by atoms with Gasteiger partial charge in [0.05, 0.1) is 38.6 Å². The normalized spacial score (nSPS) is 18.8. The highest BCUT2D eigenvalue weighted by molar-refractivity contribution is 5.85. The lowest BCUT2D eigenvalue weighted by atomic mass is 9.85. The Balaban J connectivity index is 0.00000370. The summed E-state index contributed by atoms with van der Waals surface area (Å²) in [7, 11) is 0. The van der Waals surface area contributed by atoms with Gasteiger partial charge in [-0.2, -0.15) is 0 Å². The van der Waals surface area contributed by atoms with E-state index in [0.717, 1.165) is 25.3 Å². The first-order valence-corrected chi connectivity index (χ1v) is 14.1. The van der Waals surface area contributed by atoms with Gasteiger partial charge in [-0.25, -0.2) is 0 Å². The van der Waals surface area contributed by atoms with Crippen molar-refractivity contribution in [3.05, 3.63) is 114 Å². The molecule has 4 aromatic carbocycles. The Morgan fingerprint density at radius 3 is 2.20 bits per heavy atom. The first-order chi connectivity index (χ1) is 19.3. The molecule has 1 aliphatic heterocycles. The van der Waals surface area contributed by atoms with Gasteiger partial charge in [0.25, 0.3) is 0 Å². The fourth-order valence-electron chi connectivity index (χ4n) is 5.26. The molecule has 0 aliphatic carbocycles. The number of benzene rings is 4. The van der Waals surface area contributed by atoms with Gasteiger partial charge < -0.3 is 24.3 Å². The first kappa shape index (κ1) is 30.0. The fourth-order valence-corrected chi connectivity index (χ4v) is 5.26. The summed E-state index contributed by atoms with van der Waals surface area (Å²) < 4.78 is 24.5. The number of halogens is 1. The van der Waals surface area contributed by atoms with E-state index in [0.29, 0.717) is 33.0 Å². The summed E-state index contributed by atoms with van der Waals surface area (Å²) in [6.45, 7) is 6.84. The molecule has 0 radical (unpaired) electrons. The molecule has 0 spiro atoms. The van der Waals surface area contributed by atoms with E-state index < -0.39 is 0 Å². The van der Waals surface area contributed by atoms with Crippen molar-refractivity contribution in [2.24, 2.45) is 0 Å². The summed E-state index contributed by atoms with van der Waals surface area (Å²) in [5.74, 6) is 1.02. The number of rotatable bonds is 13. The maximum Gasteiger partial charge on any atom is 0.119 e. The zero-order valence-electron chi connectivity index (χ0n) is 23.2. The monoisotopic (exact) mass is 561 g/mol. The zero-order valence-corrected chi connectivity index (χ0v) is 24.0. The van der Waals surface area contributed by atoms with Gasteiger partial charge in [0.15, 0.2) is 0 Å². The SMILES string of the molecule is CCOC1CNCC(OCc2ccc3ccccc3c2)C1c1ccc(OCCCOCc2ccccc2)cc1.Cl. The lowest BCUT2D eigenvalue weighted by Gasteiger charge is -2.38. The van der Waals surface area contributed by atoms with Crippen molar-refractivity contribution in [1.29, 1.82) is 0 Å². The van der Waals surface area contributed by atoms with Gasteiger partial charge in [0.1, 0.15) is 5.75 Å². The lowest BCUT2D eigenvalue weighted by Crippen LogP contribution is -2.50. The van der Waals surface area contributed by atoms with Gasteiger partial charge in [-0.3, -0.25) is 0 Å². The van der Waals surface area contributed by atoms with Crippen LogP contribution in [0, 0.1) is 0 Å². The third kappa shape index (κ3) is 8.29. The molecule has 1 N–H and O–H groups in total. The molecule has 0 saturated carbocycles. The van der Waals surface area contributed by atoms with E-state index >= 15 is 0 Å². The van der Waals surface area contributed by atoms with Crippen LogP contribution in [0.1, 0.15) is 36.0 Å². The highest BCUT2D eigenvalue weighted by Gasteiger charge is 2.35. The predicted molar refractivity (Wildman–Crippen MR) is 163 cm³/mol. The summed E-state index contributed by atoms with van der Waals surface area (Å²) >= 11 is 0. The van der Waals surface area contributed by atoms with E-state index in [4.69, 9.17) is 18.9 Å². The van der Waals surface area contributed by atoms with Crippen molar-refractivity contribution >= 4 is 23.2 Å². The third-order valence-electron chi connectivity index (χ3n) is 7.23. The van der Waals surface area contributed by atoms with Gasteiger partial charge in [0.2, 0.25) is 0 Å². The van der Waals surface area contributed by atoms with Crippen molar-refractivity contribution in [3.63, 3.8) is 0 Å². The molecule has 0 bridgehead atoms. The maximum atomic E-state index is 6.54. The Hall–Kier alpha value is -2.93. The molecule has 40 heavy (non-hydrogen) atoms. The van der Waals surface area contributed by atoms with Gasteiger partial charge in [-0.15, -0.1) is 12.4 Å². The van der Waals surface area contributed by atoms with E-state index in [9.17, 15) is 0 Å².